The van der Waals surface area contributed by atoms with Crippen molar-refractivity contribution in [3.8, 4) is 21.8 Å². The second-order valence-corrected chi connectivity index (χ2v) is 7.22. The van der Waals surface area contributed by atoms with Crippen molar-refractivity contribution >= 4 is 43.9 Å². The third kappa shape index (κ3) is 2.93. The third-order valence-corrected chi connectivity index (χ3v) is 5.16. The first-order valence-corrected chi connectivity index (χ1v) is 9.13. The van der Waals surface area contributed by atoms with Gasteiger partial charge in [0, 0.05) is 26.9 Å². The van der Waals surface area contributed by atoms with Gasteiger partial charge < -0.3 is 4.42 Å². The summed E-state index contributed by atoms with van der Waals surface area (Å²) < 4.78 is 6.17. The number of hydrogen-bond acceptors (Lipinski definition) is 6. The lowest BCUT2D eigenvalue weighted by Gasteiger charge is -2.00. The van der Waals surface area contributed by atoms with Crippen LogP contribution in [0.4, 0.5) is 5.69 Å². The molecule has 0 saturated heterocycles. The van der Waals surface area contributed by atoms with E-state index in [2.05, 4.69) is 20.9 Å². The summed E-state index contributed by atoms with van der Waals surface area (Å²) in [7, 11) is 0. The van der Waals surface area contributed by atoms with Gasteiger partial charge in [-0.1, -0.05) is 40.2 Å². The van der Waals surface area contributed by atoms with Crippen molar-refractivity contribution in [1.82, 2.24) is 4.98 Å². The number of non-ortho nitro benzene ring substituents is 1. The zero-order chi connectivity index (χ0) is 18.3. The lowest BCUT2D eigenvalue weighted by molar-refractivity contribution is -0.383. The molecule has 0 aliphatic carbocycles. The second-order valence-electron chi connectivity index (χ2n) is 5.45. The molecule has 0 atom stereocenters. The van der Waals surface area contributed by atoms with E-state index in [9.17, 15) is 14.9 Å². The maximum atomic E-state index is 12.4. The largest absolute Gasteiger partial charge is 0.415 e. The molecule has 2 aromatic heterocycles. The van der Waals surface area contributed by atoms with Crippen molar-refractivity contribution in [2.45, 2.75) is 0 Å². The summed E-state index contributed by atoms with van der Waals surface area (Å²) in [5.41, 5.74) is 1.02. The number of thiazole rings is 1. The number of para-hydroxylation sites is 1. The van der Waals surface area contributed by atoms with E-state index in [1.807, 2.05) is 29.6 Å². The van der Waals surface area contributed by atoms with Gasteiger partial charge in [-0.2, -0.15) is 0 Å². The monoisotopic (exact) mass is 428 g/mol. The molecule has 4 aromatic rings. The Kier molecular flexibility index (Phi) is 4.14. The fourth-order valence-corrected chi connectivity index (χ4v) is 3.83. The van der Waals surface area contributed by atoms with Gasteiger partial charge in [0.2, 0.25) is 5.58 Å². The van der Waals surface area contributed by atoms with Gasteiger partial charge in [0.15, 0.2) is 0 Å². The molecular formula is C18H9BrN2O4S. The average Bonchev–Trinajstić information content (AvgIpc) is 3.10. The Hall–Kier alpha value is -2.84. The molecule has 2 aromatic carbocycles. The second kappa shape index (κ2) is 6.47. The van der Waals surface area contributed by atoms with Crippen molar-refractivity contribution < 1.29 is 9.34 Å². The number of nitro groups is 1. The lowest BCUT2D eigenvalue weighted by atomic mass is 10.1. The standard InChI is InChI=1S/C18H9BrN2O4S/c19-12-5-1-3-10(7-12)14-9-26-17(20-14)13-8-11-4-2-6-15(21(23)24)16(11)25-18(13)22/h1-9H. The maximum Gasteiger partial charge on any atom is 0.346 e. The Balaban J connectivity index is 1.84. The number of benzene rings is 2. The van der Waals surface area contributed by atoms with Crippen molar-refractivity contribution in [3.63, 3.8) is 0 Å². The minimum absolute atomic E-state index is 0.0324. The Morgan fingerprint density at radius 3 is 2.73 bits per heavy atom. The minimum atomic E-state index is -0.651. The summed E-state index contributed by atoms with van der Waals surface area (Å²) in [4.78, 5) is 27.4. The summed E-state index contributed by atoms with van der Waals surface area (Å²) in [6, 6.07) is 13.8. The molecule has 6 nitrogen and oxygen atoms in total. The Labute approximate surface area is 159 Å². The van der Waals surface area contributed by atoms with E-state index in [-0.39, 0.29) is 16.8 Å². The van der Waals surface area contributed by atoms with Crippen LogP contribution < -0.4 is 5.63 Å². The highest BCUT2D eigenvalue weighted by Crippen LogP contribution is 2.31. The van der Waals surface area contributed by atoms with Crippen LogP contribution in [0.5, 0.6) is 0 Å². The van der Waals surface area contributed by atoms with Crippen molar-refractivity contribution in [1.29, 1.82) is 0 Å². The zero-order valence-corrected chi connectivity index (χ0v) is 15.4. The molecule has 4 rings (SSSR count). The molecule has 0 N–H and O–H groups in total. The smallest absolute Gasteiger partial charge is 0.346 e. The van der Waals surface area contributed by atoms with Crippen LogP contribution in [0.3, 0.4) is 0 Å². The molecule has 26 heavy (non-hydrogen) atoms. The fourth-order valence-electron chi connectivity index (χ4n) is 2.60. The van der Waals surface area contributed by atoms with E-state index in [0.717, 1.165) is 15.7 Å². The van der Waals surface area contributed by atoms with Gasteiger partial charge in [-0.25, -0.2) is 9.78 Å². The number of rotatable bonds is 3. The van der Waals surface area contributed by atoms with E-state index < -0.39 is 10.5 Å². The molecule has 0 spiro atoms. The molecule has 0 saturated carbocycles. The maximum absolute atomic E-state index is 12.4. The normalized spacial score (nSPS) is 11.0. The zero-order valence-electron chi connectivity index (χ0n) is 13.0. The summed E-state index contributed by atoms with van der Waals surface area (Å²) in [5, 5.41) is 13.9. The van der Waals surface area contributed by atoms with E-state index in [4.69, 9.17) is 4.42 Å². The number of fused-ring (bicyclic) bond motifs is 1. The van der Waals surface area contributed by atoms with Crippen molar-refractivity contribution in [3.05, 3.63) is 78.9 Å². The average molecular weight is 429 g/mol. The first kappa shape index (κ1) is 16.6. The van der Waals surface area contributed by atoms with Gasteiger partial charge in [-0.3, -0.25) is 10.1 Å². The highest BCUT2D eigenvalue weighted by atomic mass is 79.9. The first-order chi connectivity index (χ1) is 12.5. The molecule has 0 radical (unpaired) electrons. The van der Waals surface area contributed by atoms with Crippen LogP contribution in [0, 0.1) is 10.1 Å². The topological polar surface area (TPSA) is 86.2 Å². The highest BCUT2D eigenvalue weighted by Gasteiger charge is 2.18. The molecule has 0 amide bonds. The highest BCUT2D eigenvalue weighted by molar-refractivity contribution is 9.10. The lowest BCUT2D eigenvalue weighted by Crippen LogP contribution is -2.03. The quantitative estimate of drug-likeness (QED) is 0.252. The van der Waals surface area contributed by atoms with Gasteiger partial charge >= 0.3 is 11.3 Å². The third-order valence-electron chi connectivity index (χ3n) is 3.79. The van der Waals surface area contributed by atoms with Crippen LogP contribution in [0.25, 0.3) is 32.8 Å². The molecular weight excluding hydrogens is 420 g/mol. The van der Waals surface area contributed by atoms with Gasteiger partial charge in [-0.05, 0) is 18.2 Å². The number of nitro benzene ring substituents is 1. The van der Waals surface area contributed by atoms with Crippen LogP contribution in [0.1, 0.15) is 0 Å². The molecule has 2 heterocycles. The summed E-state index contributed by atoms with van der Waals surface area (Å²) in [5.74, 6) is 0. The van der Waals surface area contributed by atoms with Crippen molar-refractivity contribution in [2.24, 2.45) is 0 Å². The SMILES string of the molecule is O=c1oc2c([N+](=O)[O-])cccc2cc1-c1nc(-c2cccc(Br)c2)cs1. The Morgan fingerprint density at radius 2 is 1.96 bits per heavy atom. The predicted octanol–water partition coefficient (Wildman–Crippen LogP) is 5.25. The summed E-state index contributed by atoms with van der Waals surface area (Å²) in [6.45, 7) is 0. The summed E-state index contributed by atoms with van der Waals surface area (Å²) in [6.07, 6.45) is 0. The van der Waals surface area contributed by atoms with Gasteiger partial charge in [0.25, 0.3) is 0 Å². The van der Waals surface area contributed by atoms with Gasteiger partial charge in [-0.15, -0.1) is 11.3 Å². The number of hydrogen-bond donors (Lipinski definition) is 0. The van der Waals surface area contributed by atoms with Crippen LogP contribution in [-0.2, 0) is 0 Å². The van der Waals surface area contributed by atoms with E-state index in [1.165, 1.54) is 17.4 Å². The Morgan fingerprint density at radius 1 is 1.15 bits per heavy atom. The molecule has 128 valence electrons. The Bertz CT molecular complexity index is 1220. The molecule has 0 aliphatic rings. The fraction of sp³-hybridized carbons (Fsp3) is 0. The number of halogens is 1. The molecule has 8 heteroatoms. The van der Waals surface area contributed by atoms with E-state index in [1.54, 1.807) is 18.2 Å². The van der Waals surface area contributed by atoms with Gasteiger partial charge in [0.1, 0.15) is 5.01 Å². The minimum Gasteiger partial charge on any atom is -0.415 e. The summed E-state index contributed by atoms with van der Waals surface area (Å²) >= 11 is 4.74. The first-order valence-electron chi connectivity index (χ1n) is 7.46. The molecule has 0 bridgehead atoms. The van der Waals surface area contributed by atoms with E-state index in [0.29, 0.717) is 10.4 Å². The molecule has 0 aliphatic heterocycles. The van der Waals surface area contributed by atoms with Crippen LogP contribution in [-0.4, -0.2) is 9.91 Å². The van der Waals surface area contributed by atoms with E-state index >= 15 is 0 Å². The van der Waals surface area contributed by atoms with Crippen LogP contribution >= 0.6 is 27.3 Å². The number of aromatic nitrogens is 1. The predicted molar refractivity (Wildman–Crippen MR) is 103 cm³/mol. The van der Waals surface area contributed by atoms with Gasteiger partial charge in [0.05, 0.1) is 16.2 Å². The number of nitrogens with zero attached hydrogens (tertiary/aromatic N) is 2. The van der Waals surface area contributed by atoms with Crippen LogP contribution in [0.15, 0.2) is 67.6 Å². The van der Waals surface area contributed by atoms with Crippen molar-refractivity contribution in [2.75, 3.05) is 0 Å². The molecule has 0 unspecified atom stereocenters. The molecule has 0 fully saturated rings. The van der Waals surface area contributed by atoms with Crippen LogP contribution in [0.2, 0.25) is 0 Å².